The smallest absolute Gasteiger partial charge is 0.254 e. The van der Waals surface area contributed by atoms with Gasteiger partial charge in [0.1, 0.15) is 0 Å². The molecule has 0 saturated carbocycles. The maximum absolute atomic E-state index is 12.3. The molecule has 1 rings (SSSR count). The van der Waals surface area contributed by atoms with Crippen molar-refractivity contribution in [3.63, 3.8) is 0 Å². The minimum absolute atomic E-state index is 0.0139. The molecule has 21 heavy (non-hydrogen) atoms. The second-order valence-corrected chi connectivity index (χ2v) is 4.88. The van der Waals surface area contributed by atoms with Gasteiger partial charge in [-0.05, 0) is 31.0 Å². The maximum atomic E-state index is 12.3. The molecule has 1 aromatic rings. The fraction of sp³-hybridized carbons (Fsp3) is 0.467. The zero-order valence-corrected chi connectivity index (χ0v) is 12.8. The highest BCUT2D eigenvalue weighted by Gasteiger charge is 2.17. The molecule has 0 aromatic heterocycles. The number of methoxy groups -OCH3 is 1. The Labute approximate surface area is 125 Å². The van der Waals surface area contributed by atoms with E-state index in [2.05, 4.69) is 5.32 Å². The van der Waals surface area contributed by atoms with Gasteiger partial charge in [-0.25, -0.2) is 0 Å². The van der Waals surface area contributed by atoms with Gasteiger partial charge in [-0.3, -0.25) is 9.59 Å². The summed E-state index contributed by atoms with van der Waals surface area (Å²) in [5.74, 6) is -0.407. The van der Waals surface area contributed by atoms with Crippen molar-refractivity contribution in [2.45, 2.75) is 13.3 Å². The van der Waals surface area contributed by atoms with Gasteiger partial charge in [0.05, 0.1) is 6.54 Å². The first-order chi connectivity index (χ1) is 9.97. The molecule has 116 valence electrons. The molecule has 6 heteroatoms. The van der Waals surface area contributed by atoms with E-state index in [-0.39, 0.29) is 18.4 Å². The van der Waals surface area contributed by atoms with Gasteiger partial charge >= 0.3 is 0 Å². The Bertz CT molecular complexity index is 503. The average molecular weight is 293 g/mol. The molecule has 0 aliphatic carbocycles. The van der Waals surface area contributed by atoms with Crippen LogP contribution in [0.4, 0.5) is 5.69 Å². The van der Waals surface area contributed by atoms with Crippen molar-refractivity contribution in [3.05, 3.63) is 29.3 Å². The maximum Gasteiger partial charge on any atom is 0.254 e. The zero-order valence-electron chi connectivity index (χ0n) is 12.8. The van der Waals surface area contributed by atoms with E-state index in [0.29, 0.717) is 24.4 Å². The molecule has 0 radical (unpaired) electrons. The minimum atomic E-state index is -0.216. The number of nitrogens with one attached hydrogen (secondary N) is 1. The summed E-state index contributed by atoms with van der Waals surface area (Å²) in [6.07, 6.45) is 0.744. The number of nitrogen functional groups attached to an aromatic ring is 1. The van der Waals surface area contributed by atoms with Crippen LogP contribution < -0.4 is 11.1 Å². The number of hydrogen-bond acceptors (Lipinski definition) is 4. The van der Waals surface area contributed by atoms with Crippen molar-refractivity contribution in [3.8, 4) is 0 Å². The quantitative estimate of drug-likeness (QED) is 0.575. The Balaban J connectivity index is 2.55. The molecule has 0 heterocycles. The largest absolute Gasteiger partial charge is 0.398 e. The van der Waals surface area contributed by atoms with E-state index in [0.717, 1.165) is 12.0 Å². The van der Waals surface area contributed by atoms with Crippen LogP contribution in [0.3, 0.4) is 0 Å². The van der Waals surface area contributed by atoms with E-state index in [1.807, 2.05) is 0 Å². The summed E-state index contributed by atoms with van der Waals surface area (Å²) in [5.41, 5.74) is 7.61. The first kappa shape index (κ1) is 17.0. The Morgan fingerprint density at radius 3 is 2.76 bits per heavy atom. The number of carbonyl (C=O) groups is 2. The molecule has 0 spiro atoms. The molecule has 0 aliphatic rings. The Kier molecular flexibility index (Phi) is 6.68. The van der Waals surface area contributed by atoms with Crippen LogP contribution in [0, 0.1) is 6.92 Å². The van der Waals surface area contributed by atoms with E-state index < -0.39 is 0 Å². The summed E-state index contributed by atoms with van der Waals surface area (Å²) in [7, 11) is 3.21. The molecule has 2 amide bonds. The summed E-state index contributed by atoms with van der Waals surface area (Å²) in [6.45, 7) is 2.94. The van der Waals surface area contributed by atoms with Crippen molar-refractivity contribution in [2.24, 2.45) is 0 Å². The first-order valence-electron chi connectivity index (χ1n) is 6.83. The number of hydrogen-bond donors (Lipinski definition) is 2. The highest BCUT2D eigenvalue weighted by atomic mass is 16.5. The molecule has 3 N–H and O–H groups in total. The third kappa shape index (κ3) is 5.07. The van der Waals surface area contributed by atoms with Crippen LogP contribution in [0.1, 0.15) is 22.3 Å². The highest BCUT2D eigenvalue weighted by molar-refractivity contribution is 5.98. The lowest BCUT2D eigenvalue weighted by atomic mass is 10.1. The number of likely N-dealkylation sites (N-methyl/N-ethyl adjacent to an activating group) is 1. The molecule has 0 aliphatic heterocycles. The van der Waals surface area contributed by atoms with Crippen LogP contribution in [0.5, 0.6) is 0 Å². The zero-order chi connectivity index (χ0) is 15.8. The summed E-state index contributed by atoms with van der Waals surface area (Å²) in [6, 6.07) is 5.18. The van der Waals surface area contributed by atoms with Gasteiger partial charge in [-0.1, -0.05) is 6.07 Å². The molecule has 0 fully saturated rings. The molecule has 0 saturated heterocycles. The number of nitrogens with two attached hydrogens (primary N) is 1. The highest BCUT2D eigenvalue weighted by Crippen LogP contribution is 2.16. The molecule has 6 nitrogen and oxygen atoms in total. The second kappa shape index (κ2) is 8.26. The lowest BCUT2D eigenvalue weighted by Gasteiger charge is -2.18. The van der Waals surface area contributed by atoms with Crippen molar-refractivity contribution < 1.29 is 14.3 Å². The topological polar surface area (TPSA) is 84.7 Å². The monoisotopic (exact) mass is 293 g/mol. The summed E-state index contributed by atoms with van der Waals surface area (Å²) >= 11 is 0. The van der Waals surface area contributed by atoms with Crippen molar-refractivity contribution in [1.29, 1.82) is 0 Å². The predicted molar refractivity (Wildman–Crippen MR) is 82.1 cm³/mol. The molecule has 0 unspecified atom stereocenters. The molecule has 1 aromatic carbocycles. The van der Waals surface area contributed by atoms with Gasteiger partial charge < -0.3 is 20.7 Å². The number of benzene rings is 1. The number of nitrogens with zero attached hydrogens (tertiary/aromatic N) is 1. The van der Waals surface area contributed by atoms with E-state index in [1.165, 1.54) is 4.90 Å². The van der Waals surface area contributed by atoms with Crippen LogP contribution in [0.15, 0.2) is 18.2 Å². The van der Waals surface area contributed by atoms with Crippen molar-refractivity contribution >= 4 is 17.5 Å². The minimum Gasteiger partial charge on any atom is -0.398 e. The van der Waals surface area contributed by atoms with Crippen LogP contribution in [0.2, 0.25) is 0 Å². The second-order valence-electron chi connectivity index (χ2n) is 4.88. The lowest BCUT2D eigenvalue weighted by Crippen LogP contribution is -2.39. The Hall–Kier alpha value is -2.08. The third-order valence-electron chi connectivity index (χ3n) is 3.18. The normalized spacial score (nSPS) is 10.2. The third-order valence-corrected chi connectivity index (χ3v) is 3.18. The number of ether oxygens (including phenoxy) is 1. The van der Waals surface area contributed by atoms with Gasteiger partial charge in [-0.2, -0.15) is 0 Å². The number of rotatable bonds is 7. The standard InChI is InChI=1S/C15H23N3O3/c1-11-12(6-4-7-13(11)16)15(20)18(2)10-14(19)17-8-5-9-21-3/h4,6-7H,5,8-10,16H2,1-3H3,(H,17,19). The predicted octanol–water partition coefficient (Wildman–Crippen LogP) is 0.802. The fourth-order valence-electron chi connectivity index (χ4n) is 1.88. The fourth-order valence-corrected chi connectivity index (χ4v) is 1.88. The van der Waals surface area contributed by atoms with Gasteiger partial charge in [0.15, 0.2) is 0 Å². The van der Waals surface area contributed by atoms with Crippen LogP contribution >= 0.6 is 0 Å². The SMILES string of the molecule is COCCCNC(=O)CN(C)C(=O)c1cccc(N)c1C. The molecule has 0 atom stereocenters. The van der Waals surface area contributed by atoms with Crippen LogP contribution in [0.25, 0.3) is 0 Å². The molecular formula is C15H23N3O3. The molecular weight excluding hydrogens is 270 g/mol. The lowest BCUT2D eigenvalue weighted by molar-refractivity contribution is -0.121. The average Bonchev–Trinajstić information content (AvgIpc) is 2.45. The van der Waals surface area contributed by atoms with Crippen molar-refractivity contribution in [2.75, 3.05) is 39.6 Å². The molecule has 0 bridgehead atoms. The Morgan fingerprint density at radius 1 is 1.38 bits per heavy atom. The van der Waals surface area contributed by atoms with Gasteiger partial charge in [-0.15, -0.1) is 0 Å². The van der Waals surface area contributed by atoms with Crippen LogP contribution in [-0.2, 0) is 9.53 Å². The van der Waals surface area contributed by atoms with Crippen LogP contribution in [-0.4, -0.2) is 50.6 Å². The van der Waals surface area contributed by atoms with Crippen molar-refractivity contribution in [1.82, 2.24) is 10.2 Å². The number of anilines is 1. The van der Waals surface area contributed by atoms with E-state index in [1.54, 1.807) is 39.3 Å². The Morgan fingerprint density at radius 2 is 2.10 bits per heavy atom. The van der Waals surface area contributed by atoms with E-state index in [4.69, 9.17) is 10.5 Å². The van der Waals surface area contributed by atoms with Gasteiger partial charge in [0, 0.05) is 38.6 Å². The first-order valence-corrected chi connectivity index (χ1v) is 6.83. The summed E-state index contributed by atoms with van der Waals surface area (Å²) in [4.78, 5) is 25.4. The van der Waals surface area contributed by atoms with Gasteiger partial charge in [0.25, 0.3) is 5.91 Å². The van der Waals surface area contributed by atoms with E-state index in [9.17, 15) is 9.59 Å². The van der Waals surface area contributed by atoms with E-state index >= 15 is 0 Å². The summed E-state index contributed by atoms with van der Waals surface area (Å²) in [5, 5.41) is 2.74. The van der Waals surface area contributed by atoms with Gasteiger partial charge in [0.2, 0.25) is 5.91 Å². The number of amides is 2. The number of carbonyl (C=O) groups excluding carboxylic acids is 2. The summed E-state index contributed by atoms with van der Waals surface area (Å²) < 4.78 is 4.90.